The minimum atomic E-state index is -0.0902. The van der Waals surface area contributed by atoms with Crippen molar-refractivity contribution in [2.75, 3.05) is 5.32 Å². The maximum Gasteiger partial charge on any atom is 0.267 e. The molecule has 0 spiro atoms. The topological polar surface area (TPSA) is 42.0 Å². The predicted molar refractivity (Wildman–Crippen MR) is 100.0 cm³/mol. The molecule has 3 aromatic rings. The molecule has 1 aromatic heterocycles. The van der Waals surface area contributed by atoms with E-state index in [2.05, 4.69) is 29.4 Å². The molecule has 1 N–H and O–H groups in total. The van der Waals surface area contributed by atoms with Crippen molar-refractivity contribution in [1.29, 1.82) is 0 Å². The molecule has 24 heavy (non-hydrogen) atoms. The van der Waals surface area contributed by atoms with E-state index in [1.807, 2.05) is 50.2 Å². The highest BCUT2D eigenvalue weighted by Gasteiger charge is 2.16. The number of rotatable bonds is 4. The Balaban J connectivity index is 1.76. The van der Waals surface area contributed by atoms with Crippen molar-refractivity contribution in [2.24, 2.45) is 0 Å². The summed E-state index contributed by atoms with van der Waals surface area (Å²) in [5.41, 5.74) is 5.19. The number of anilines is 1. The maximum atomic E-state index is 12.6. The number of thiazole rings is 1. The number of hydrogen-bond donors (Lipinski definition) is 1. The summed E-state index contributed by atoms with van der Waals surface area (Å²) in [5, 5.41) is 3.94. The molecule has 1 amide bonds. The summed E-state index contributed by atoms with van der Waals surface area (Å²) in [6, 6.07) is 16.1. The van der Waals surface area contributed by atoms with Gasteiger partial charge in [0.1, 0.15) is 4.88 Å². The molecule has 1 heterocycles. The Hall–Kier alpha value is -2.46. The van der Waals surface area contributed by atoms with Crippen LogP contribution in [0, 0.1) is 20.8 Å². The molecule has 0 saturated carbocycles. The van der Waals surface area contributed by atoms with Crippen LogP contribution in [0.2, 0.25) is 0 Å². The molecule has 0 aliphatic heterocycles. The van der Waals surface area contributed by atoms with Crippen molar-refractivity contribution in [3.63, 3.8) is 0 Å². The Morgan fingerprint density at radius 2 is 1.79 bits per heavy atom. The molecule has 0 aliphatic carbocycles. The van der Waals surface area contributed by atoms with Gasteiger partial charge in [-0.3, -0.25) is 4.79 Å². The molecule has 2 aromatic carbocycles. The standard InChI is InChI=1S/C20H20N2OS/c1-13-9-10-17(11-14(13)2)22-20(23)19-15(3)21-18(24-19)12-16-7-5-4-6-8-16/h4-11H,12H2,1-3H3,(H,22,23). The average molecular weight is 336 g/mol. The molecule has 0 bridgehead atoms. The number of aromatic nitrogens is 1. The van der Waals surface area contributed by atoms with Crippen molar-refractivity contribution in [1.82, 2.24) is 4.98 Å². The summed E-state index contributed by atoms with van der Waals surface area (Å²) in [6.07, 6.45) is 0.753. The van der Waals surface area contributed by atoms with E-state index in [0.717, 1.165) is 22.8 Å². The molecule has 0 aliphatic rings. The molecular weight excluding hydrogens is 316 g/mol. The summed E-state index contributed by atoms with van der Waals surface area (Å²) < 4.78 is 0. The first-order chi connectivity index (χ1) is 11.5. The van der Waals surface area contributed by atoms with Gasteiger partial charge in [-0.1, -0.05) is 36.4 Å². The number of carbonyl (C=O) groups is 1. The summed E-state index contributed by atoms with van der Waals surface area (Å²) in [6.45, 7) is 5.99. The molecule has 3 nitrogen and oxygen atoms in total. The summed E-state index contributed by atoms with van der Waals surface area (Å²) >= 11 is 1.47. The highest BCUT2D eigenvalue weighted by Crippen LogP contribution is 2.23. The highest BCUT2D eigenvalue weighted by molar-refractivity contribution is 7.14. The smallest absolute Gasteiger partial charge is 0.267 e. The first-order valence-corrected chi connectivity index (χ1v) is 8.73. The quantitative estimate of drug-likeness (QED) is 0.735. The van der Waals surface area contributed by atoms with Crippen LogP contribution in [0.4, 0.5) is 5.69 Å². The third kappa shape index (κ3) is 3.71. The molecule has 0 atom stereocenters. The van der Waals surface area contributed by atoms with Crippen LogP contribution in [-0.2, 0) is 6.42 Å². The lowest BCUT2D eigenvalue weighted by molar-refractivity contribution is 0.103. The molecule has 0 saturated heterocycles. The van der Waals surface area contributed by atoms with Gasteiger partial charge in [0.15, 0.2) is 0 Å². The molecule has 0 unspecified atom stereocenters. The number of benzene rings is 2. The van der Waals surface area contributed by atoms with Gasteiger partial charge in [0.05, 0.1) is 10.7 Å². The predicted octanol–water partition coefficient (Wildman–Crippen LogP) is 4.91. The fourth-order valence-electron chi connectivity index (χ4n) is 2.52. The summed E-state index contributed by atoms with van der Waals surface area (Å²) in [5.74, 6) is -0.0902. The Labute approximate surface area is 146 Å². The van der Waals surface area contributed by atoms with E-state index in [1.54, 1.807) is 0 Å². The molecular formula is C20H20N2OS. The molecule has 0 fully saturated rings. The minimum absolute atomic E-state index is 0.0902. The number of carbonyl (C=O) groups excluding carboxylic acids is 1. The molecule has 4 heteroatoms. The summed E-state index contributed by atoms with van der Waals surface area (Å²) in [7, 11) is 0. The van der Waals surface area contributed by atoms with Crippen LogP contribution < -0.4 is 5.32 Å². The number of nitrogens with one attached hydrogen (secondary N) is 1. The Morgan fingerprint density at radius 3 is 2.50 bits per heavy atom. The first-order valence-electron chi connectivity index (χ1n) is 7.92. The lowest BCUT2D eigenvalue weighted by atomic mass is 10.1. The van der Waals surface area contributed by atoms with Crippen LogP contribution in [0.15, 0.2) is 48.5 Å². The van der Waals surface area contributed by atoms with Crippen molar-refractivity contribution >= 4 is 22.9 Å². The van der Waals surface area contributed by atoms with Gasteiger partial charge in [-0.15, -0.1) is 11.3 Å². The van der Waals surface area contributed by atoms with Crippen molar-refractivity contribution in [3.8, 4) is 0 Å². The number of aryl methyl sites for hydroxylation is 3. The van der Waals surface area contributed by atoms with Gasteiger partial charge in [0.2, 0.25) is 0 Å². The van der Waals surface area contributed by atoms with Crippen LogP contribution >= 0.6 is 11.3 Å². The van der Waals surface area contributed by atoms with Gasteiger partial charge < -0.3 is 5.32 Å². The van der Waals surface area contributed by atoms with Crippen LogP contribution in [-0.4, -0.2) is 10.9 Å². The van der Waals surface area contributed by atoms with E-state index in [4.69, 9.17) is 0 Å². The van der Waals surface area contributed by atoms with E-state index >= 15 is 0 Å². The van der Waals surface area contributed by atoms with E-state index in [0.29, 0.717) is 4.88 Å². The van der Waals surface area contributed by atoms with E-state index < -0.39 is 0 Å². The lowest BCUT2D eigenvalue weighted by Gasteiger charge is -2.06. The van der Waals surface area contributed by atoms with E-state index in [-0.39, 0.29) is 5.91 Å². The second-order valence-corrected chi connectivity index (χ2v) is 7.02. The van der Waals surface area contributed by atoms with Crippen molar-refractivity contribution in [3.05, 3.63) is 80.8 Å². The summed E-state index contributed by atoms with van der Waals surface area (Å²) in [4.78, 5) is 17.8. The normalized spacial score (nSPS) is 10.6. The zero-order chi connectivity index (χ0) is 17.1. The number of amides is 1. The van der Waals surface area contributed by atoms with E-state index in [1.165, 1.54) is 28.0 Å². The van der Waals surface area contributed by atoms with Gasteiger partial charge >= 0.3 is 0 Å². The third-order valence-corrected chi connectivity index (χ3v) is 5.17. The van der Waals surface area contributed by atoms with Gasteiger partial charge in [0, 0.05) is 12.1 Å². The lowest BCUT2D eigenvalue weighted by Crippen LogP contribution is -2.11. The molecule has 3 rings (SSSR count). The van der Waals surface area contributed by atoms with Crippen LogP contribution in [0.3, 0.4) is 0 Å². The molecule has 0 radical (unpaired) electrons. The maximum absolute atomic E-state index is 12.6. The number of hydrogen-bond acceptors (Lipinski definition) is 3. The monoisotopic (exact) mass is 336 g/mol. The van der Waals surface area contributed by atoms with Gasteiger partial charge in [-0.2, -0.15) is 0 Å². The van der Waals surface area contributed by atoms with Gasteiger partial charge in [-0.25, -0.2) is 4.98 Å². The molecule has 122 valence electrons. The van der Waals surface area contributed by atoms with Gasteiger partial charge in [0.25, 0.3) is 5.91 Å². The van der Waals surface area contributed by atoms with E-state index in [9.17, 15) is 4.79 Å². The average Bonchev–Trinajstić information content (AvgIpc) is 2.92. The fourth-order valence-corrected chi connectivity index (χ4v) is 3.51. The zero-order valence-corrected chi connectivity index (χ0v) is 14.9. The number of nitrogens with zero attached hydrogens (tertiary/aromatic N) is 1. The zero-order valence-electron chi connectivity index (χ0n) is 14.1. The second-order valence-electron chi connectivity index (χ2n) is 5.94. The largest absolute Gasteiger partial charge is 0.321 e. The Bertz CT molecular complexity index is 869. The van der Waals surface area contributed by atoms with Gasteiger partial charge in [-0.05, 0) is 49.6 Å². The van der Waals surface area contributed by atoms with Crippen LogP contribution in [0.25, 0.3) is 0 Å². The first kappa shape index (κ1) is 16.4. The van der Waals surface area contributed by atoms with Crippen LogP contribution in [0.5, 0.6) is 0 Å². The Kier molecular flexibility index (Phi) is 4.76. The highest BCUT2D eigenvalue weighted by atomic mass is 32.1. The second kappa shape index (κ2) is 6.97. The third-order valence-electron chi connectivity index (χ3n) is 4.01. The SMILES string of the molecule is Cc1ccc(NC(=O)c2sc(Cc3ccccc3)nc2C)cc1C. The van der Waals surface area contributed by atoms with Crippen molar-refractivity contribution in [2.45, 2.75) is 27.2 Å². The fraction of sp³-hybridized carbons (Fsp3) is 0.200. The Morgan fingerprint density at radius 1 is 1.04 bits per heavy atom. The minimum Gasteiger partial charge on any atom is -0.321 e. The van der Waals surface area contributed by atoms with Crippen LogP contribution in [0.1, 0.15) is 37.1 Å². The van der Waals surface area contributed by atoms with Crippen molar-refractivity contribution < 1.29 is 4.79 Å².